The highest BCUT2D eigenvalue weighted by Gasteiger charge is 2.37. The van der Waals surface area contributed by atoms with Crippen molar-refractivity contribution in [3.05, 3.63) is 36.9 Å². The first-order valence-corrected chi connectivity index (χ1v) is 11.5. The van der Waals surface area contributed by atoms with E-state index in [1.807, 2.05) is 24.3 Å². The zero-order chi connectivity index (χ0) is 19.7. The summed E-state index contributed by atoms with van der Waals surface area (Å²) in [6.07, 6.45) is 3.59. The molecule has 8 heteroatoms. The highest BCUT2D eigenvalue weighted by atomic mass is 32.2. The number of amides is 1. The van der Waals surface area contributed by atoms with Crippen molar-refractivity contribution in [2.45, 2.75) is 25.3 Å². The first-order chi connectivity index (χ1) is 13.5. The third-order valence-electron chi connectivity index (χ3n) is 5.66. The van der Waals surface area contributed by atoms with Crippen LogP contribution in [-0.2, 0) is 14.6 Å². The van der Waals surface area contributed by atoms with E-state index in [0.717, 1.165) is 11.1 Å². The largest absolute Gasteiger partial charge is 0.423 e. The standard InChI is InChI=1S/C20H25N3O4S/c1-2-10-23(16-9-13-28(25,26)14-16)19(24)15-7-11-22(12-8-15)20-21-17-5-3-4-6-18(17)27-20/h2-6,15-16H,1,7-14H2. The van der Waals surface area contributed by atoms with Gasteiger partial charge in [-0.3, -0.25) is 4.79 Å². The Bertz CT molecular complexity index is 943. The number of piperidine rings is 1. The van der Waals surface area contributed by atoms with Crippen molar-refractivity contribution < 1.29 is 17.6 Å². The molecule has 0 N–H and O–H groups in total. The molecule has 7 nitrogen and oxygen atoms in total. The van der Waals surface area contributed by atoms with E-state index in [4.69, 9.17) is 4.42 Å². The van der Waals surface area contributed by atoms with Crippen LogP contribution < -0.4 is 4.90 Å². The molecule has 4 rings (SSSR count). The van der Waals surface area contributed by atoms with Crippen LogP contribution in [0.2, 0.25) is 0 Å². The number of carbonyl (C=O) groups excluding carboxylic acids is 1. The SMILES string of the molecule is C=CCN(C(=O)C1CCN(c2nc3ccccc3o2)CC1)C1CCS(=O)(=O)C1. The number of sulfone groups is 1. The molecule has 2 aliphatic rings. The molecule has 0 saturated carbocycles. The van der Waals surface area contributed by atoms with Crippen LogP contribution in [0.3, 0.4) is 0 Å². The van der Waals surface area contributed by atoms with Crippen LogP contribution >= 0.6 is 0 Å². The van der Waals surface area contributed by atoms with Crippen molar-refractivity contribution in [1.29, 1.82) is 0 Å². The molecular weight excluding hydrogens is 378 g/mol. The van der Waals surface area contributed by atoms with Crippen molar-refractivity contribution in [2.24, 2.45) is 5.92 Å². The Kier molecular flexibility index (Phi) is 5.14. The topological polar surface area (TPSA) is 83.7 Å². The van der Waals surface area contributed by atoms with Crippen LogP contribution in [0, 0.1) is 5.92 Å². The first kappa shape index (κ1) is 19.0. The fourth-order valence-electron chi connectivity index (χ4n) is 4.13. The fraction of sp³-hybridized carbons (Fsp3) is 0.500. The monoisotopic (exact) mass is 403 g/mol. The van der Waals surface area contributed by atoms with E-state index in [1.165, 1.54) is 0 Å². The zero-order valence-electron chi connectivity index (χ0n) is 15.8. The van der Waals surface area contributed by atoms with Gasteiger partial charge < -0.3 is 14.2 Å². The predicted molar refractivity (Wildman–Crippen MR) is 108 cm³/mol. The number of anilines is 1. The number of para-hydroxylation sites is 2. The maximum atomic E-state index is 13.1. The number of carbonyl (C=O) groups is 1. The normalized spacial score (nSPS) is 22.4. The highest BCUT2D eigenvalue weighted by molar-refractivity contribution is 7.91. The summed E-state index contributed by atoms with van der Waals surface area (Å²) in [7, 11) is -3.04. The number of oxazole rings is 1. The minimum absolute atomic E-state index is 0.0409. The lowest BCUT2D eigenvalue weighted by Crippen LogP contribution is -2.47. The van der Waals surface area contributed by atoms with E-state index in [9.17, 15) is 13.2 Å². The predicted octanol–water partition coefficient (Wildman–Crippen LogP) is 2.25. The van der Waals surface area contributed by atoms with Gasteiger partial charge in [0, 0.05) is 31.6 Å². The molecule has 0 bridgehead atoms. The van der Waals surface area contributed by atoms with Crippen LogP contribution in [0.5, 0.6) is 0 Å². The molecule has 1 aromatic carbocycles. The first-order valence-electron chi connectivity index (χ1n) is 9.69. The Labute approximate surface area is 164 Å². The van der Waals surface area contributed by atoms with E-state index >= 15 is 0 Å². The Balaban J connectivity index is 1.41. The molecule has 1 unspecified atom stereocenters. The number of hydrogen-bond donors (Lipinski definition) is 0. The van der Waals surface area contributed by atoms with Gasteiger partial charge in [0.1, 0.15) is 5.52 Å². The summed E-state index contributed by atoms with van der Waals surface area (Å²) in [5, 5.41) is 0. The molecule has 0 spiro atoms. The van der Waals surface area contributed by atoms with Crippen molar-refractivity contribution in [2.75, 3.05) is 36.0 Å². The number of nitrogens with zero attached hydrogens (tertiary/aromatic N) is 3. The van der Waals surface area contributed by atoms with Gasteiger partial charge in [0.05, 0.1) is 11.5 Å². The van der Waals surface area contributed by atoms with E-state index in [1.54, 1.807) is 11.0 Å². The minimum Gasteiger partial charge on any atom is -0.423 e. The maximum absolute atomic E-state index is 13.1. The number of fused-ring (bicyclic) bond motifs is 1. The van der Waals surface area contributed by atoms with Gasteiger partial charge in [-0.15, -0.1) is 6.58 Å². The summed E-state index contributed by atoms with van der Waals surface area (Å²) in [6, 6.07) is 8.02. The van der Waals surface area contributed by atoms with Crippen LogP contribution in [0.4, 0.5) is 6.01 Å². The second-order valence-electron chi connectivity index (χ2n) is 7.56. The van der Waals surface area contributed by atoms with Crippen LogP contribution in [0.25, 0.3) is 11.1 Å². The lowest BCUT2D eigenvalue weighted by molar-refractivity contribution is -0.137. The summed E-state index contributed by atoms with van der Waals surface area (Å²) in [5.41, 5.74) is 1.59. The van der Waals surface area contributed by atoms with E-state index in [2.05, 4.69) is 16.5 Å². The zero-order valence-corrected chi connectivity index (χ0v) is 16.6. The van der Waals surface area contributed by atoms with Crippen LogP contribution in [0.1, 0.15) is 19.3 Å². The smallest absolute Gasteiger partial charge is 0.298 e. The van der Waals surface area contributed by atoms with Crippen LogP contribution in [-0.4, -0.2) is 61.4 Å². The molecule has 2 saturated heterocycles. The molecule has 0 radical (unpaired) electrons. The van der Waals surface area contributed by atoms with E-state index in [-0.39, 0.29) is 29.4 Å². The fourth-order valence-corrected chi connectivity index (χ4v) is 5.86. The Morgan fingerprint density at radius 1 is 1.29 bits per heavy atom. The van der Waals surface area contributed by atoms with Gasteiger partial charge in [0.15, 0.2) is 15.4 Å². The van der Waals surface area contributed by atoms with Gasteiger partial charge in [-0.1, -0.05) is 18.2 Å². The number of rotatable bonds is 5. The number of hydrogen-bond acceptors (Lipinski definition) is 6. The van der Waals surface area contributed by atoms with Gasteiger partial charge >= 0.3 is 0 Å². The molecule has 1 aromatic heterocycles. The Morgan fingerprint density at radius 2 is 2.04 bits per heavy atom. The van der Waals surface area contributed by atoms with Crippen molar-refractivity contribution in [3.63, 3.8) is 0 Å². The van der Waals surface area contributed by atoms with E-state index in [0.29, 0.717) is 44.9 Å². The average molecular weight is 404 g/mol. The third kappa shape index (κ3) is 3.78. The summed E-state index contributed by atoms with van der Waals surface area (Å²) in [4.78, 5) is 21.4. The molecule has 2 aliphatic heterocycles. The lowest BCUT2D eigenvalue weighted by Gasteiger charge is -2.35. The van der Waals surface area contributed by atoms with Gasteiger partial charge in [0.2, 0.25) is 5.91 Å². The molecule has 2 aromatic rings. The van der Waals surface area contributed by atoms with Gasteiger partial charge in [0.25, 0.3) is 6.01 Å². The average Bonchev–Trinajstić information content (AvgIpc) is 3.28. The molecule has 1 amide bonds. The third-order valence-corrected chi connectivity index (χ3v) is 7.41. The molecular formula is C20H25N3O4S. The van der Waals surface area contributed by atoms with E-state index < -0.39 is 9.84 Å². The van der Waals surface area contributed by atoms with Crippen molar-refractivity contribution >= 4 is 32.9 Å². The summed E-state index contributed by atoms with van der Waals surface area (Å²) in [6.45, 7) is 5.51. The lowest BCUT2D eigenvalue weighted by atomic mass is 9.94. The maximum Gasteiger partial charge on any atom is 0.298 e. The second kappa shape index (κ2) is 7.58. The quantitative estimate of drug-likeness (QED) is 0.712. The molecule has 3 heterocycles. The molecule has 0 aliphatic carbocycles. The number of aromatic nitrogens is 1. The number of benzene rings is 1. The summed E-state index contributed by atoms with van der Waals surface area (Å²) in [5.74, 6) is 0.159. The van der Waals surface area contributed by atoms with Crippen LogP contribution in [0.15, 0.2) is 41.3 Å². The molecule has 28 heavy (non-hydrogen) atoms. The second-order valence-corrected chi connectivity index (χ2v) is 9.79. The molecule has 2 fully saturated rings. The Hall–Kier alpha value is -2.35. The highest BCUT2D eigenvalue weighted by Crippen LogP contribution is 2.28. The Morgan fingerprint density at radius 3 is 2.68 bits per heavy atom. The van der Waals surface area contributed by atoms with Crippen molar-refractivity contribution in [3.8, 4) is 0 Å². The minimum atomic E-state index is -3.04. The van der Waals surface area contributed by atoms with Crippen molar-refractivity contribution in [1.82, 2.24) is 9.88 Å². The van der Waals surface area contributed by atoms with Gasteiger partial charge in [-0.25, -0.2) is 8.42 Å². The molecule has 150 valence electrons. The summed E-state index contributed by atoms with van der Waals surface area (Å²) >= 11 is 0. The van der Waals surface area contributed by atoms with Gasteiger partial charge in [-0.05, 0) is 31.4 Å². The van der Waals surface area contributed by atoms with Gasteiger partial charge in [-0.2, -0.15) is 4.98 Å². The summed E-state index contributed by atoms with van der Waals surface area (Å²) < 4.78 is 29.5. The molecule has 1 atom stereocenters.